The van der Waals surface area contributed by atoms with E-state index in [4.69, 9.17) is 9.16 Å². The zero-order valence-electron chi connectivity index (χ0n) is 22.8. The standard InChI is InChI=1S/C28H38N4O4Si/c1-8-22-23(33)24(36-37(17(2)3,18(4)5)19(6)7)28(35-22)32-15-14-21-25(29-16-30-26(21)32)31-27(34)20-12-10-9-11-13-20/h9-19,22,24,28H,8H2,1-7H3,(H,29,30,31,34)/t22-,24-,28-/m1/s1. The van der Waals surface area contributed by atoms with Crippen molar-refractivity contribution in [2.45, 2.75) is 89.9 Å². The molecule has 3 atom stereocenters. The van der Waals surface area contributed by atoms with E-state index in [1.807, 2.05) is 42.0 Å². The number of aromatic nitrogens is 3. The molecule has 4 rings (SSSR count). The highest BCUT2D eigenvalue weighted by Gasteiger charge is 2.53. The predicted molar refractivity (Wildman–Crippen MR) is 147 cm³/mol. The van der Waals surface area contributed by atoms with E-state index in [0.29, 0.717) is 45.5 Å². The summed E-state index contributed by atoms with van der Waals surface area (Å²) in [5.41, 5.74) is 2.09. The lowest BCUT2D eigenvalue weighted by atomic mass is 10.1. The van der Waals surface area contributed by atoms with Crippen molar-refractivity contribution >= 4 is 36.9 Å². The first-order valence-corrected chi connectivity index (χ1v) is 15.3. The van der Waals surface area contributed by atoms with E-state index in [0.717, 1.165) is 0 Å². The molecule has 1 fully saturated rings. The minimum Gasteiger partial charge on any atom is -0.402 e. The minimum absolute atomic E-state index is 0.0140. The highest BCUT2D eigenvalue weighted by molar-refractivity contribution is 6.77. The van der Waals surface area contributed by atoms with Crippen LogP contribution in [0.15, 0.2) is 48.9 Å². The number of benzene rings is 1. The summed E-state index contributed by atoms with van der Waals surface area (Å²) in [6, 6.07) is 10.8. The number of hydrogen-bond donors (Lipinski definition) is 1. The van der Waals surface area contributed by atoms with Gasteiger partial charge in [0, 0.05) is 11.8 Å². The molecule has 8 nitrogen and oxygen atoms in total. The van der Waals surface area contributed by atoms with Gasteiger partial charge in [0.05, 0.1) is 5.39 Å². The van der Waals surface area contributed by atoms with Gasteiger partial charge in [0.2, 0.25) is 8.32 Å². The normalized spacial score (nSPS) is 20.5. The Morgan fingerprint density at radius 3 is 2.30 bits per heavy atom. The molecule has 0 unspecified atom stereocenters. The topological polar surface area (TPSA) is 95.3 Å². The van der Waals surface area contributed by atoms with Gasteiger partial charge in [-0.1, -0.05) is 66.7 Å². The monoisotopic (exact) mass is 522 g/mol. The van der Waals surface area contributed by atoms with Gasteiger partial charge in [0.15, 0.2) is 18.1 Å². The minimum atomic E-state index is -2.37. The molecule has 9 heteroatoms. The smallest absolute Gasteiger partial charge is 0.256 e. The molecule has 3 aromatic rings. The molecule has 1 aromatic carbocycles. The molecule has 0 radical (unpaired) electrons. The van der Waals surface area contributed by atoms with Crippen LogP contribution in [0.2, 0.25) is 16.6 Å². The highest BCUT2D eigenvalue weighted by Crippen LogP contribution is 2.46. The molecular formula is C28H38N4O4Si. The second-order valence-electron chi connectivity index (χ2n) is 10.7. The van der Waals surface area contributed by atoms with Crippen LogP contribution in [-0.4, -0.2) is 46.8 Å². The molecule has 1 aliphatic heterocycles. The van der Waals surface area contributed by atoms with Crippen molar-refractivity contribution in [2.75, 3.05) is 5.32 Å². The van der Waals surface area contributed by atoms with Crippen LogP contribution in [-0.2, 0) is 14.0 Å². The summed E-state index contributed by atoms with van der Waals surface area (Å²) < 4.78 is 15.2. The van der Waals surface area contributed by atoms with Crippen LogP contribution >= 0.6 is 0 Å². The van der Waals surface area contributed by atoms with E-state index in [-0.39, 0.29) is 11.7 Å². The van der Waals surface area contributed by atoms with Crippen molar-refractivity contribution in [1.82, 2.24) is 14.5 Å². The number of anilines is 1. The fourth-order valence-electron chi connectivity index (χ4n) is 5.93. The molecule has 1 amide bonds. The lowest BCUT2D eigenvalue weighted by Crippen LogP contribution is -2.52. The number of rotatable bonds is 9. The maximum atomic E-state index is 13.6. The SMILES string of the molecule is CC[C@H]1O[C@@H](n2ccc3c(NC(=O)c4ccccc4)ncnc32)[C@H](O[Si](C(C)C)(C(C)C)C(C)C)C1=O. The quantitative estimate of drug-likeness (QED) is 0.340. The van der Waals surface area contributed by atoms with Gasteiger partial charge < -0.3 is 19.0 Å². The van der Waals surface area contributed by atoms with Crippen molar-refractivity contribution in [3.05, 3.63) is 54.5 Å². The van der Waals surface area contributed by atoms with Crippen molar-refractivity contribution < 1.29 is 18.8 Å². The first-order chi connectivity index (χ1) is 17.6. The van der Waals surface area contributed by atoms with Gasteiger partial charge in [-0.05, 0) is 41.2 Å². The van der Waals surface area contributed by atoms with Gasteiger partial charge in [0.25, 0.3) is 5.91 Å². The number of amides is 1. The largest absolute Gasteiger partial charge is 0.402 e. The third-order valence-electron chi connectivity index (χ3n) is 7.62. The summed E-state index contributed by atoms with van der Waals surface area (Å²) in [7, 11) is -2.37. The van der Waals surface area contributed by atoms with Crippen LogP contribution < -0.4 is 5.32 Å². The van der Waals surface area contributed by atoms with Gasteiger partial charge in [-0.25, -0.2) is 9.97 Å². The van der Waals surface area contributed by atoms with E-state index in [1.165, 1.54) is 6.33 Å². The Morgan fingerprint density at radius 2 is 1.70 bits per heavy atom. The fraction of sp³-hybridized carbons (Fsp3) is 0.500. The van der Waals surface area contributed by atoms with Crippen LogP contribution in [0.4, 0.5) is 5.82 Å². The van der Waals surface area contributed by atoms with E-state index < -0.39 is 26.8 Å². The number of ketones is 1. The van der Waals surface area contributed by atoms with Crippen LogP contribution in [0, 0.1) is 0 Å². The summed E-state index contributed by atoms with van der Waals surface area (Å²) in [6.45, 7) is 15.2. The third kappa shape index (κ3) is 4.87. The number of Topliss-reactive ketones (excluding diaryl/α,β-unsaturated/α-hetero) is 1. The Kier molecular flexibility index (Phi) is 7.96. The maximum Gasteiger partial charge on any atom is 0.256 e. The number of nitrogens with zero attached hydrogens (tertiary/aromatic N) is 3. The first kappa shape index (κ1) is 27.2. The fourth-order valence-corrected chi connectivity index (χ4v) is 11.4. The molecule has 0 saturated carbocycles. The molecule has 1 N–H and O–H groups in total. The molecule has 198 valence electrons. The van der Waals surface area contributed by atoms with Gasteiger partial charge in [-0.15, -0.1) is 0 Å². The van der Waals surface area contributed by atoms with Crippen molar-refractivity contribution in [1.29, 1.82) is 0 Å². The lowest BCUT2D eigenvalue weighted by molar-refractivity contribution is -0.126. The van der Waals surface area contributed by atoms with E-state index in [1.54, 1.807) is 12.1 Å². The van der Waals surface area contributed by atoms with Crippen LogP contribution in [0.25, 0.3) is 11.0 Å². The summed E-state index contributed by atoms with van der Waals surface area (Å²) in [5.74, 6) is 0.135. The van der Waals surface area contributed by atoms with E-state index in [9.17, 15) is 9.59 Å². The second-order valence-corrected chi connectivity index (χ2v) is 16.1. The number of fused-ring (bicyclic) bond motifs is 1. The summed E-state index contributed by atoms with van der Waals surface area (Å²) in [6.07, 6.45) is 1.92. The van der Waals surface area contributed by atoms with Crippen molar-refractivity contribution in [3.63, 3.8) is 0 Å². The number of ether oxygens (including phenoxy) is 1. The van der Waals surface area contributed by atoms with Gasteiger partial charge in [0.1, 0.15) is 23.9 Å². The van der Waals surface area contributed by atoms with Crippen LogP contribution in [0.1, 0.15) is 71.5 Å². The van der Waals surface area contributed by atoms with Crippen molar-refractivity contribution in [2.24, 2.45) is 0 Å². The van der Waals surface area contributed by atoms with Crippen LogP contribution in [0.3, 0.4) is 0 Å². The Morgan fingerprint density at radius 1 is 1.05 bits per heavy atom. The molecule has 0 aliphatic carbocycles. The zero-order chi connectivity index (χ0) is 26.9. The Labute approximate surface area is 219 Å². The molecular weight excluding hydrogens is 484 g/mol. The average Bonchev–Trinajstić information content (AvgIpc) is 3.43. The molecule has 0 bridgehead atoms. The zero-order valence-corrected chi connectivity index (χ0v) is 23.8. The Hall–Kier alpha value is -2.88. The third-order valence-corrected chi connectivity index (χ3v) is 13.7. The van der Waals surface area contributed by atoms with Crippen LogP contribution in [0.5, 0.6) is 0 Å². The number of nitrogens with one attached hydrogen (secondary N) is 1. The number of hydrogen-bond acceptors (Lipinski definition) is 6. The number of carbonyl (C=O) groups excluding carboxylic acids is 2. The Balaban J connectivity index is 1.72. The summed E-state index contributed by atoms with van der Waals surface area (Å²) >= 11 is 0. The van der Waals surface area contributed by atoms with Crippen molar-refractivity contribution in [3.8, 4) is 0 Å². The first-order valence-electron chi connectivity index (χ1n) is 13.2. The molecule has 0 spiro atoms. The molecule has 3 heterocycles. The molecule has 2 aromatic heterocycles. The summed E-state index contributed by atoms with van der Waals surface area (Å²) in [5, 5.41) is 3.56. The second kappa shape index (κ2) is 10.8. The molecule has 37 heavy (non-hydrogen) atoms. The average molecular weight is 523 g/mol. The predicted octanol–water partition coefficient (Wildman–Crippen LogP) is 6.12. The highest BCUT2D eigenvalue weighted by atomic mass is 28.4. The number of carbonyl (C=O) groups is 2. The lowest BCUT2D eigenvalue weighted by Gasteiger charge is -2.44. The van der Waals surface area contributed by atoms with Gasteiger partial charge >= 0.3 is 0 Å². The van der Waals surface area contributed by atoms with E-state index in [2.05, 4.69) is 56.8 Å². The molecule has 1 saturated heterocycles. The van der Waals surface area contributed by atoms with Gasteiger partial charge in [-0.2, -0.15) is 0 Å². The van der Waals surface area contributed by atoms with E-state index >= 15 is 0 Å². The van der Waals surface area contributed by atoms with Gasteiger partial charge in [-0.3, -0.25) is 9.59 Å². The molecule has 1 aliphatic rings. The maximum absolute atomic E-state index is 13.6. The Bertz CT molecular complexity index is 1240. The summed E-state index contributed by atoms with van der Waals surface area (Å²) in [4.78, 5) is 35.2.